The Morgan fingerprint density at radius 1 is 0.864 bits per heavy atom. The van der Waals surface area contributed by atoms with Crippen LogP contribution in [-0.2, 0) is 40.3 Å². The van der Waals surface area contributed by atoms with Crippen molar-refractivity contribution < 1.29 is 23.8 Å². The number of amides is 1. The van der Waals surface area contributed by atoms with Gasteiger partial charge in [0.15, 0.2) is 0 Å². The predicted octanol–water partition coefficient (Wildman–Crippen LogP) is 6.85. The number of methoxy groups -OCH3 is 1. The molecule has 0 bridgehead atoms. The van der Waals surface area contributed by atoms with Crippen LogP contribution in [0.25, 0.3) is 11.1 Å². The summed E-state index contributed by atoms with van der Waals surface area (Å²) in [5, 5.41) is 6.52. The Kier molecular flexibility index (Phi) is 13.1. The smallest absolute Gasteiger partial charge is 0.305 e. The summed E-state index contributed by atoms with van der Waals surface area (Å²) >= 11 is 0. The summed E-state index contributed by atoms with van der Waals surface area (Å²) < 4.78 is 17.7. The fraction of sp³-hybridized carbons (Fsp3) is 0.459. The highest BCUT2D eigenvalue weighted by atomic mass is 16.5. The Balaban J connectivity index is 1.48. The van der Waals surface area contributed by atoms with Gasteiger partial charge in [-0.05, 0) is 78.8 Å². The van der Waals surface area contributed by atoms with Crippen LogP contribution in [0.15, 0.2) is 54.6 Å². The molecule has 1 aliphatic carbocycles. The standard InChI is InChI=1S/C37H48N2O5/c1-4-5-19-36(40)39-22-21-38-25-33-31-17-12-18-32(31)34(24-35(33)43-23-10-9-20-37(41)42-3)44-26-29-15-11-16-30(27(29)2)28-13-7-6-8-14-28/h6-8,11,13-16,24,38H,4-5,9-10,12,17-23,25-26H2,1-3H3,(H,39,40). The first-order valence-corrected chi connectivity index (χ1v) is 16.1. The number of hydrogen-bond donors (Lipinski definition) is 2. The van der Waals surface area contributed by atoms with E-state index in [1.807, 2.05) is 6.07 Å². The molecule has 0 unspecified atom stereocenters. The maximum Gasteiger partial charge on any atom is 0.305 e. The molecule has 1 amide bonds. The van der Waals surface area contributed by atoms with Gasteiger partial charge in [-0.25, -0.2) is 0 Å². The summed E-state index contributed by atoms with van der Waals surface area (Å²) in [7, 11) is 1.42. The van der Waals surface area contributed by atoms with Crippen LogP contribution in [-0.4, -0.2) is 38.7 Å². The van der Waals surface area contributed by atoms with Crippen LogP contribution in [0.3, 0.4) is 0 Å². The number of carbonyl (C=O) groups excluding carboxylic acids is 2. The number of unbranched alkanes of at least 4 members (excludes halogenated alkanes) is 2. The van der Waals surface area contributed by atoms with E-state index < -0.39 is 0 Å². The molecule has 236 valence electrons. The lowest BCUT2D eigenvalue weighted by molar-refractivity contribution is -0.140. The van der Waals surface area contributed by atoms with E-state index in [0.29, 0.717) is 52.1 Å². The summed E-state index contributed by atoms with van der Waals surface area (Å²) in [6.45, 7) is 7.17. The third-order valence-electron chi connectivity index (χ3n) is 8.30. The lowest BCUT2D eigenvalue weighted by atomic mass is 9.97. The number of hydrogen-bond acceptors (Lipinski definition) is 6. The van der Waals surface area contributed by atoms with Gasteiger partial charge in [0.25, 0.3) is 0 Å². The van der Waals surface area contributed by atoms with E-state index in [4.69, 9.17) is 14.2 Å². The molecule has 0 saturated carbocycles. The van der Waals surface area contributed by atoms with Gasteiger partial charge >= 0.3 is 5.97 Å². The lowest BCUT2D eigenvalue weighted by Crippen LogP contribution is -2.31. The monoisotopic (exact) mass is 600 g/mol. The van der Waals surface area contributed by atoms with Crippen molar-refractivity contribution in [1.29, 1.82) is 0 Å². The summed E-state index contributed by atoms with van der Waals surface area (Å²) in [6, 6.07) is 18.9. The number of esters is 1. The van der Waals surface area contributed by atoms with E-state index in [2.05, 4.69) is 73.0 Å². The Morgan fingerprint density at radius 2 is 1.68 bits per heavy atom. The lowest BCUT2D eigenvalue weighted by Gasteiger charge is -2.20. The van der Waals surface area contributed by atoms with Crippen LogP contribution < -0.4 is 20.1 Å². The van der Waals surface area contributed by atoms with Gasteiger partial charge in [0.1, 0.15) is 18.1 Å². The van der Waals surface area contributed by atoms with Crippen molar-refractivity contribution in [3.8, 4) is 22.6 Å². The van der Waals surface area contributed by atoms with Crippen LogP contribution in [0.5, 0.6) is 11.5 Å². The highest BCUT2D eigenvalue weighted by Gasteiger charge is 2.24. The second kappa shape index (κ2) is 17.5. The largest absolute Gasteiger partial charge is 0.493 e. The fourth-order valence-corrected chi connectivity index (χ4v) is 5.75. The SMILES string of the molecule is CCCCC(=O)NCCNCc1c(OCCCCC(=O)OC)cc(OCc2cccc(-c3ccccc3)c2C)c2c1CCC2. The molecule has 3 aromatic rings. The first-order chi connectivity index (χ1) is 21.5. The number of carbonyl (C=O) groups is 2. The first-order valence-electron chi connectivity index (χ1n) is 16.1. The van der Waals surface area contributed by atoms with Gasteiger partial charge in [-0.15, -0.1) is 0 Å². The quantitative estimate of drug-likeness (QED) is 0.123. The summed E-state index contributed by atoms with van der Waals surface area (Å²) in [5.41, 5.74) is 8.54. The molecule has 0 radical (unpaired) electrons. The minimum absolute atomic E-state index is 0.108. The molecule has 7 nitrogen and oxygen atoms in total. The second-order valence-electron chi connectivity index (χ2n) is 11.4. The Labute approximate surface area is 262 Å². The molecular formula is C37H48N2O5. The summed E-state index contributed by atoms with van der Waals surface area (Å²) in [5.74, 6) is 1.62. The van der Waals surface area contributed by atoms with Crippen LogP contribution in [0.2, 0.25) is 0 Å². The number of nitrogens with one attached hydrogen (secondary N) is 2. The summed E-state index contributed by atoms with van der Waals surface area (Å²) in [4.78, 5) is 23.5. The number of fused-ring (bicyclic) bond motifs is 1. The molecule has 0 spiro atoms. The number of rotatable bonds is 18. The van der Waals surface area contributed by atoms with Crippen molar-refractivity contribution >= 4 is 11.9 Å². The first kappa shape index (κ1) is 33.1. The third-order valence-corrected chi connectivity index (χ3v) is 8.30. The normalized spacial score (nSPS) is 12.1. The van der Waals surface area contributed by atoms with E-state index in [1.165, 1.54) is 34.9 Å². The van der Waals surface area contributed by atoms with Crippen LogP contribution >= 0.6 is 0 Å². The molecule has 7 heteroatoms. The van der Waals surface area contributed by atoms with Crippen molar-refractivity contribution in [3.05, 3.63) is 82.4 Å². The molecule has 2 N–H and O–H groups in total. The average molecular weight is 601 g/mol. The Bertz CT molecular complexity index is 1370. The maximum atomic E-state index is 12.0. The Morgan fingerprint density at radius 3 is 2.48 bits per heavy atom. The van der Waals surface area contributed by atoms with Crippen LogP contribution in [0.1, 0.15) is 79.7 Å². The molecule has 44 heavy (non-hydrogen) atoms. The highest BCUT2D eigenvalue weighted by Crippen LogP contribution is 2.40. The van der Waals surface area contributed by atoms with E-state index in [-0.39, 0.29) is 11.9 Å². The minimum Gasteiger partial charge on any atom is -0.493 e. The molecule has 3 aromatic carbocycles. The van der Waals surface area contributed by atoms with E-state index in [9.17, 15) is 9.59 Å². The zero-order valence-electron chi connectivity index (χ0n) is 26.6. The fourth-order valence-electron chi connectivity index (χ4n) is 5.75. The molecule has 0 atom stereocenters. The van der Waals surface area contributed by atoms with Gasteiger partial charge in [-0.2, -0.15) is 0 Å². The summed E-state index contributed by atoms with van der Waals surface area (Å²) in [6.07, 6.45) is 7.41. The van der Waals surface area contributed by atoms with Gasteiger partial charge in [-0.3, -0.25) is 9.59 Å². The molecule has 0 aromatic heterocycles. The van der Waals surface area contributed by atoms with E-state index in [1.54, 1.807) is 0 Å². The molecular weight excluding hydrogens is 552 g/mol. The highest BCUT2D eigenvalue weighted by molar-refractivity contribution is 5.75. The van der Waals surface area contributed by atoms with Crippen LogP contribution in [0, 0.1) is 6.92 Å². The van der Waals surface area contributed by atoms with Gasteiger partial charge in [0.05, 0.1) is 13.7 Å². The third kappa shape index (κ3) is 9.33. The molecule has 0 heterocycles. The molecule has 0 saturated heterocycles. The number of benzene rings is 3. The predicted molar refractivity (Wildman–Crippen MR) is 175 cm³/mol. The van der Waals surface area contributed by atoms with Crippen molar-refractivity contribution in [2.75, 3.05) is 26.8 Å². The molecule has 0 aliphatic heterocycles. The van der Waals surface area contributed by atoms with Crippen molar-refractivity contribution in [1.82, 2.24) is 10.6 Å². The minimum atomic E-state index is -0.198. The average Bonchev–Trinajstić information content (AvgIpc) is 3.54. The van der Waals surface area contributed by atoms with Gasteiger partial charge in [0.2, 0.25) is 5.91 Å². The van der Waals surface area contributed by atoms with Crippen LogP contribution in [0.4, 0.5) is 0 Å². The van der Waals surface area contributed by atoms with Crippen molar-refractivity contribution in [3.63, 3.8) is 0 Å². The maximum absolute atomic E-state index is 12.0. The van der Waals surface area contributed by atoms with E-state index in [0.717, 1.165) is 61.2 Å². The second-order valence-corrected chi connectivity index (χ2v) is 11.4. The number of ether oxygens (including phenoxy) is 3. The van der Waals surface area contributed by atoms with Crippen molar-refractivity contribution in [2.45, 2.75) is 84.8 Å². The Hall–Kier alpha value is -3.84. The van der Waals surface area contributed by atoms with Gasteiger partial charge in [-0.1, -0.05) is 61.9 Å². The van der Waals surface area contributed by atoms with Gasteiger partial charge in [0, 0.05) is 44.1 Å². The van der Waals surface area contributed by atoms with Gasteiger partial charge < -0.3 is 24.8 Å². The zero-order valence-corrected chi connectivity index (χ0v) is 26.6. The van der Waals surface area contributed by atoms with Crippen molar-refractivity contribution in [2.24, 2.45) is 0 Å². The van der Waals surface area contributed by atoms with E-state index >= 15 is 0 Å². The molecule has 0 fully saturated rings. The zero-order chi connectivity index (χ0) is 31.1. The molecule has 4 rings (SSSR count). The molecule has 1 aliphatic rings. The topological polar surface area (TPSA) is 85.9 Å².